The number of nitrogens with one attached hydrogen (secondary N) is 2. The minimum absolute atomic E-state index is 0.319. The molecule has 1 unspecified atom stereocenters. The molecule has 1 atom stereocenters. The van der Waals surface area contributed by atoms with Crippen LogP contribution in [-0.4, -0.2) is 58.6 Å². The van der Waals surface area contributed by atoms with Gasteiger partial charge in [0, 0.05) is 31.5 Å². The quantitative estimate of drug-likeness (QED) is 0.835. The number of amides is 1. The first-order chi connectivity index (χ1) is 11.3. The molecule has 0 bridgehead atoms. The van der Waals surface area contributed by atoms with Gasteiger partial charge in [-0.3, -0.25) is 4.79 Å². The Bertz CT molecular complexity index is 687. The maximum Gasteiger partial charge on any atom is 0.209 e. The van der Waals surface area contributed by atoms with E-state index in [1.165, 1.54) is 5.56 Å². The van der Waals surface area contributed by atoms with Crippen LogP contribution in [0, 0.1) is 0 Å². The van der Waals surface area contributed by atoms with Crippen molar-refractivity contribution in [1.82, 2.24) is 19.9 Å². The first-order valence-electron chi connectivity index (χ1n) is 8.21. The van der Waals surface area contributed by atoms with Gasteiger partial charge in [0.15, 0.2) is 5.65 Å². The van der Waals surface area contributed by atoms with Crippen LogP contribution in [0.1, 0.15) is 30.7 Å². The standard InChI is InChI=1S/C16H21N5O2/c22-10-21-4-1-11(2-5-21)13-7-17-16-15(13)20-14(8-18-16)19-12-3-6-23-9-12/h7-8,10-12H,1-6,9H2,(H,17,18)(H,19,20). The van der Waals surface area contributed by atoms with Crippen LogP contribution < -0.4 is 5.32 Å². The van der Waals surface area contributed by atoms with Crippen LogP contribution in [0.2, 0.25) is 0 Å². The van der Waals surface area contributed by atoms with E-state index in [0.29, 0.717) is 12.0 Å². The van der Waals surface area contributed by atoms with E-state index in [9.17, 15) is 4.79 Å². The van der Waals surface area contributed by atoms with Crippen molar-refractivity contribution in [2.24, 2.45) is 0 Å². The van der Waals surface area contributed by atoms with E-state index in [0.717, 1.165) is 69.0 Å². The molecular formula is C16H21N5O2. The van der Waals surface area contributed by atoms with Crippen LogP contribution >= 0.6 is 0 Å². The van der Waals surface area contributed by atoms with Crippen LogP contribution in [0.3, 0.4) is 0 Å². The fourth-order valence-electron chi connectivity index (χ4n) is 3.46. The van der Waals surface area contributed by atoms with Gasteiger partial charge in [-0.05, 0) is 25.2 Å². The third-order valence-electron chi connectivity index (χ3n) is 4.81. The number of fused-ring (bicyclic) bond motifs is 1. The maximum atomic E-state index is 10.9. The number of aromatic amines is 1. The molecule has 0 aliphatic carbocycles. The average molecular weight is 315 g/mol. The largest absolute Gasteiger partial charge is 0.379 e. The summed E-state index contributed by atoms with van der Waals surface area (Å²) in [6.07, 6.45) is 7.69. The van der Waals surface area contributed by atoms with Crippen LogP contribution in [0.5, 0.6) is 0 Å². The van der Waals surface area contributed by atoms with E-state index in [1.807, 2.05) is 11.1 Å². The van der Waals surface area contributed by atoms with E-state index in [-0.39, 0.29) is 0 Å². The molecular weight excluding hydrogens is 294 g/mol. The molecule has 4 rings (SSSR count). The fourth-order valence-corrected chi connectivity index (χ4v) is 3.46. The molecule has 0 saturated carbocycles. The zero-order chi connectivity index (χ0) is 15.6. The monoisotopic (exact) mass is 315 g/mol. The summed E-state index contributed by atoms with van der Waals surface area (Å²) < 4.78 is 5.39. The lowest BCUT2D eigenvalue weighted by Gasteiger charge is -2.28. The van der Waals surface area contributed by atoms with Gasteiger partial charge in [-0.25, -0.2) is 9.97 Å². The Hall–Kier alpha value is -2.15. The van der Waals surface area contributed by atoms with Gasteiger partial charge in [0.25, 0.3) is 0 Å². The van der Waals surface area contributed by atoms with E-state index in [4.69, 9.17) is 9.72 Å². The number of hydrogen-bond donors (Lipinski definition) is 2. The molecule has 2 saturated heterocycles. The van der Waals surface area contributed by atoms with E-state index in [2.05, 4.69) is 15.3 Å². The van der Waals surface area contributed by atoms with Crippen LogP contribution in [-0.2, 0) is 9.53 Å². The Labute approximate surface area is 134 Å². The lowest BCUT2D eigenvalue weighted by Crippen LogP contribution is -2.31. The number of aromatic nitrogens is 3. The smallest absolute Gasteiger partial charge is 0.209 e. The first kappa shape index (κ1) is 14.4. The molecule has 2 aromatic rings. The summed E-state index contributed by atoms with van der Waals surface area (Å²) >= 11 is 0. The molecule has 2 aromatic heterocycles. The van der Waals surface area contributed by atoms with Crippen molar-refractivity contribution in [3.8, 4) is 0 Å². The molecule has 0 spiro atoms. The molecule has 122 valence electrons. The zero-order valence-corrected chi connectivity index (χ0v) is 13.0. The zero-order valence-electron chi connectivity index (χ0n) is 13.0. The van der Waals surface area contributed by atoms with Gasteiger partial charge in [0.2, 0.25) is 6.41 Å². The molecule has 7 nitrogen and oxygen atoms in total. The van der Waals surface area contributed by atoms with E-state index < -0.39 is 0 Å². The van der Waals surface area contributed by atoms with Crippen LogP contribution in [0.4, 0.5) is 5.82 Å². The van der Waals surface area contributed by atoms with Gasteiger partial charge in [0.05, 0.1) is 18.8 Å². The van der Waals surface area contributed by atoms with Crippen molar-refractivity contribution in [1.29, 1.82) is 0 Å². The summed E-state index contributed by atoms with van der Waals surface area (Å²) in [5, 5.41) is 3.40. The molecule has 2 N–H and O–H groups in total. The minimum Gasteiger partial charge on any atom is -0.379 e. The Kier molecular flexibility index (Phi) is 3.87. The first-order valence-corrected chi connectivity index (χ1v) is 8.21. The van der Waals surface area contributed by atoms with Crippen molar-refractivity contribution < 1.29 is 9.53 Å². The summed E-state index contributed by atoms with van der Waals surface area (Å²) in [6.45, 7) is 3.15. The second kappa shape index (κ2) is 6.16. The number of piperidine rings is 1. The number of nitrogens with zero attached hydrogens (tertiary/aromatic N) is 3. The van der Waals surface area contributed by atoms with Crippen LogP contribution in [0.15, 0.2) is 12.4 Å². The van der Waals surface area contributed by atoms with Crippen molar-refractivity contribution >= 4 is 23.4 Å². The predicted octanol–water partition coefficient (Wildman–Crippen LogP) is 1.49. The minimum atomic E-state index is 0.319. The molecule has 2 fully saturated rings. The third-order valence-corrected chi connectivity index (χ3v) is 4.81. The second-order valence-corrected chi connectivity index (χ2v) is 6.32. The van der Waals surface area contributed by atoms with Gasteiger partial charge < -0.3 is 19.9 Å². The number of carbonyl (C=O) groups excluding carboxylic acids is 1. The number of likely N-dealkylation sites (tertiary alicyclic amines) is 1. The number of carbonyl (C=O) groups is 1. The molecule has 1 amide bonds. The maximum absolute atomic E-state index is 10.9. The Balaban J connectivity index is 1.56. The van der Waals surface area contributed by atoms with Gasteiger partial charge in [0.1, 0.15) is 11.3 Å². The molecule has 23 heavy (non-hydrogen) atoms. The van der Waals surface area contributed by atoms with E-state index in [1.54, 1.807) is 6.20 Å². The number of H-pyrrole nitrogens is 1. The van der Waals surface area contributed by atoms with E-state index >= 15 is 0 Å². The molecule has 4 heterocycles. The lowest BCUT2D eigenvalue weighted by atomic mass is 9.91. The summed E-state index contributed by atoms with van der Waals surface area (Å²) in [4.78, 5) is 25.2. The topological polar surface area (TPSA) is 83.1 Å². The molecule has 2 aliphatic rings. The van der Waals surface area contributed by atoms with Gasteiger partial charge in [-0.1, -0.05) is 0 Å². The van der Waals surface area contributed by atoms with Crippen molar-refractivity contribution in [3.63, 3.8) is 0 Å². The number of anilines is 1. The highest BCUT2D eigenvalue weighted by Gasteiger charge is 2.23. The van der Waals surface area contributed by atoms with Crippen molar-refractivity contribution in [3.05, 3.63) is 18.0 Å². The van der Waals surface area contributed by atoms with Gasteiger partial charge in [-0.2, -0.15) is 0 Å². The summed E-state index contributed by atoms with van der Waals surface area (Å²) in [5.41, 5.74) is 2.98. The highest BCUT2D eigenvalue weighted by atomic mass is 16.5. The number of hydrogen-bond acceptors (Lipinski definition) is 5. The average Bonchev–Trinajstić information content (AvgIpc) is 3.24. The predicted molar refractivity (Wildman–Crippen MR) is 86.3 cm³/mol. The fraction of sp³-hybridized carbons (Fsp3) is 0.562. The molecule has 0 radical (unpaired) electrons. The lowest BCUT2D eigenvalue weighted by molar-refractivity contribution is -0.119. The molecule has 7 heteroatoms. The Morgan fingerprint density at radius 3 is 2.96 bits per heavy atom. The SMILES string of the molecule is O=CN1CCC(c2c[nH]c3ncc(NC4CCOC4)nc23)CC1. The Morgan fingerprint density at radius 1 is 1.35 bits per heavy atom. The third kappa shape index (κ3) is 2.88. The summed E-state index contributed by atoms with van der Waals surface area (Å²) in [5.74, 6) is 1.23. The molecule has 2 aliphatic heterocycles. The second-order valence-electron chi connectivity index (χ2n) is 6.32. The molecule has 0 aromatic carbocycles. The van der Waals surface area contributed by atoms with Gasteiger partial charge in [-0.15, -0.1) is 0 Å². The summed E-state index contributed by atoms with van der Waals surface area (Å²) in [6, 6.07) is 0.319. The number of rotatable bonds is 4. The number of ether oxygens (including phenoxy) is 1. The highest BCUT2D eigenvalue weighted by molar-refractivity contribution is 5.77. The van der Waals surface area contributed by atoms with Crippen LogP contribution in [0.25, 0.3) is 11.2 Å². The Morgan fingerprint density at radius 2 is 2.22 bits per heavy atom. The summed E-state index contributed by atoms with van der Waals surface area (Å²) in [7, 11) is 0. The van der Waals surface area contributed by atoms with Crippen molar-refractivity contribution in [2.45, 2.75) is 31.2 Å². The van der Waals surface area contributed by atoms with Crippen molar-refractivity contribution in [2.75, 3.05) is 31.6 Å². The highest BCUT2D eigenvalue weighted by Crippen LogP contribution is 2.32. The normalized spacial score (nSPS) is 22.6. The van der Waals surface area contributed by atoms with Gasteiger partial charge >= 0.3 is 0 Å².